The van der Waals surface area contributed by atoms with Gasteiger partial charge in [0, 0.05) is 29.5 Å². The highest BCUT2D eigenvalue weighted by atomic mass is 32.1. The van der Waals surface area contributed by atoms with Gasteiger partial charge >= 0.3 is 0 Å². The van der Waals surface area contributed by atoms with Crippen molar-refractivity contribution in [1.82, 2.24) is 14.5 Å². The molecule has 2 aromatic rings. The molecule has 1 saturated carbocycles. The first-order valence-corrected chi connectivity index (χ1v) is 6.78. The van der Waals surface area contributed by atoms with E-state index in [4.69, 9.17) is 0 Å². The van der Waals surface area contributed by atoms with Crippen LogP contribution in [0.1, 0.15) is 28.8 Å². The molecule has 1 fully saturated rings. The summed E-state index contributed by atoms with van der Waals surface area (Å²) in [6, 6.07) is 0.378. The van der Waals surface area contributed by atoms with Crippen molar-refractivity contribution in [3.8, 4) is 0 Å². The van der Waals surface area contributed by atoms with Crippen LogP contribution in [0, 0.1) is 6.92 Å². The minimum absolute atomic E-state index is 0.0340. The summed E-state index contributed by atoms with van der Waals surface area (Å²) in [6.07, 6.45) is 7.46. The van der Waals surface area contributed by atoms with Crippen molar-refractivity contribution < 1.29 is 0 Å². The van der Waals surface area contributed by atoms with E-state index in [9.17, 15) is 4.79 Å². The van der Waals surface area contributed by atoms with Crippen LogP contribution in [0.3, 0.4) is 0 Å². The second-order valence-electron chi connectivity index (χ2n) is 4.44. The van der Waals surface area contributed by atoms with E-state index in [2.05, 4.69) is 15.3 Å². The van der Waals surface area contributed by atoms with Crippen LogP contribution >= 0.6 is 11.3 Å². The smallest absolute Gasteiger partial charge is 0.293 e. The molecule has 94 valence electrons. The number of hydrogen-bond donors (Lipinski definition) is 1. The molecule has 0 aromatic carbocycles. The molecular formula is C12H14N4OS. The lowest BCUT2D eigenvalue weighted by atomic mass is 10.5. The number of anilines is 1. The topological polar surface area (TPSA) is 59.8 Å². The SMILES string of the molecule is Cc1cnc(CNc2nccn(C3CC3)c2=O)s1. The molecule has 1 N–H and O–H groups in total. The lowest BCUT2D eigenvalue weighted by Gasteiger charge is -2.06. The van der Waals surface area contributed by atoms with Crippen LogP contribution in [0.25, 0.3) is 0 Å². The van der Waals surface area contributed by atoms with Gasteiger partial charge in [-0.2, -0.15) is 0 Å². The molecule has 2 aromatic heterocycles. The minimum atomic E-state index is -0.0340. The first-order chi connectivity index (χ1) is 8.74. The molecule has 0 spiro atoms. The molecule has 2 heterocycles. The lowest BCUT2D eigenvalue weighted by Crippen LogP contribution is -2.23. The molecule has 5 nitrogen and oxygen atoms in total. The number of hydrogen-bond acceptors (Lipinski definition) is 5. The summed E-state index contributed by atoms with van der Waals surface area (Å²) in [7, 11) is 0. The van der Waals surface area contributed by atoms with Crippen LogP contribution in [0.4, 0.5) is 5.82 Å². The summed E-state index contributed by atoms with van der Waals surface area (Å²) in [5.74, 6) is 0.414. The summed E-state index contributed by atoms with van der Waals surface area (Å²) in [5, 5.41) is 4.04. The van der Waals surface area contributed by atoms with Gasteiger partial charge in [0.25, 0.3) is 5.56 Å². The minimum Gasteiger partial charge on any atom is -0.359 e. The van der Waals surface area contributed by atoms with Crippen molar-refractivity contribution in [1.29, 1.82) is 0 Å². The Hall–Kier alpha value is -1.69. The molecule has 0 unspecified atom stereocenters. The van der Waals surface area contributed by atoms with E-state index in [0.29, 0.717) is 18.4 Å². The van der Waals surface area contributed by atoms with E-state index in [-0.39, 0.29) is 5.56 Å². The van der Waals surface area contributed by atoms with E-state index in [1.165, 1.54) is 4.88 Å². The molecule has 1 aliphatic rings. The fraction of sp³-hybridized carbons (Fsp3) is 0.417. The fourth-order valence-corrected chi connectivity index (χ4v) is 2.56. The fourth-order valence-electron chi connectivity index (χ4n) is 1.83. The van der Waals surface area contributed by atoms with Gasteiger partial charge < -0.3 is 9.88 Å². The summed E-state index contributed by atoms with van der Waals surface area (Å²) in [5.41, 5.74) is -0.0340. The molecule has 0 atom stereocenters. The van der Waals surface area contributed by atoms with Crippen molar-refractivity contribution in [3.05, 3.63) is 38.8 Å². The highest BCUT2D eigenvalue weighted by Crippen LogP contribution is 2.33. The van der Waals surface area contributed by atoms with Crippen LogP contribution in [-0.4, -0.2) is 14.5 Å². The van der Waals surface area contributed by atoms with Gasteiger partial charge in [-0.05, 0) is 19.8 Å². The summed E-state index contributed by atoms with van der Waals surface area (Å²) in [6.45, 7) is 2.57. The molecule has 0 radical (unpaired) electrons. The summed E-state index contributed by atoms with van der Waals surface area (Å²) < 4.78 is 1.77. The monoisotopic (exact) mass is 262 g/mol. The van der Waals surface area contributed by atoms with Crippen molar-refractivity contribution >= 4 is 17.2 Å². The molecule has 18 heavy (non-hydrogen) atoms. The van der Waals surface area contributed by atoms with Gasteiger partial charge in [0.1, 0.15) is 5.01 Å². The Morgan fingerprint density at radius 3 is 3.00 bits per heavy atom. The molecule has 6 heteroatoms. The molecule has 3 rings (SSSR count). The van der Waals surface area contributed by atoms with Gasteiger partial charge in [0.2, 0.25) is 0 Å². The highest BCUT2D eigenvalue weighted by molar-refractivity contribution is 7.11. The van der Waals surface area contributed by atoms with E-state index in [0.717, 1.165) is 17.8 Å². The Morgan fingerprint density at radius 1 is 1.50 bits per heavy atom. The quantitative estimate of drug-likeness (QED) is 0.915. The number of aromatic nitrogens is 3. The van der Waals surface area contributed by atoms with Gasteiger partial charge in [-0.15, -0.1) is 11.3 Å². The Labute approximate surface area is 109 Å². The van der Waals surface area contributed by atoms with Crippen LogP contribution in [0.5, 0.6) is 0 Å². The van der Waals surface area contributed by atoms with E-state index >= 15 is 0 Å². The maximum Gasteiger partial charge on any atom is 0.293 e. The van der Waals surface area contributed by atoms with Gasteiger partial charge in [0.05, 0.1) is 6.54 Å². The predicted octanol–water partition coefficient (Wildman–Crippen LogP) is 1.96. The number of thiazole rings is 1. The lowest BCUT2D eigenvalue weighted by molar-refractivity contribution is 0.699. The largest absolute Gasteiger partial charge is 0.359 e. The Morgan fingerprint density at radius 2 is 2.33 bits per heavy atom. The van der Waals surface area contributed by atoms with E-state index in [1.807, 2.05) is 13.1 Å². The summed E-state index contributed by atoms with van der Waals surface area (Å²) >= 11 is 1.63. The van der Waals surface area contributed by atoms with Crippen LogP contribution in [-0.2, 0) is 6.54 Å². The maximum atomic E-state index is 12.1. The van der Waals surface area contributed by atoms with Crippen molar-refractivity contribution in [2.75, 3.05) is 5.32 Å². The van der Waals surface area contributed by atoms with Gasteiger partial charge in [-0.25, -0.2) is 9.97 Å². The van der Waals surface area contributed by atoms with Gasteiger partial charge in [0.15, 0.2) is 5.82 Å². The van der Waals surface area contributed by atoms with Gasteiger partial charge in [-0.1, -0.05) is 0 Å². The number of nitrogens with zero attached hydrogens (tertiary/aromatic N) is 3. The molecule has 0 aliphatic heterocycles. The normalized spacial score (nSPS) is 14.7. The zero-order valence-corrected chi connectivity index (χ0v) is 10.9. The predicted molar refractivity (Wildman–Crippen MR) is 70.9 cm³/mol. The second kappa shape index (κ2) is 4.53. The first kappa shape index (κ1) is 11.4. The third-order valence-corrected chi connectivity index (χ3v) is 3.80. The molecule has 0 saturated heterocycles. The van der Waals surface area contributed by atoms with Crippen molar-refractivity contribution in [3.63, 3.8) is 0 Å². The molecule has 1 aliphatic carbocycles. The highest BCUT2D eigenvalue weighted by Gasteiger charge is 2.25. The van der Waals surface area contributed by atoms with Crippen molar-refractivity contribution in [2.24, 2.45) is 0 Å². The molecule has 0 amide bonds. The Balaban J connectivity index is 1.76. The maximum absolute atomic E-state index is 12.1. The third kappa shape index (κ3) is 2.28. The van der Waals surface area contributed by atoms with Crippen LogP contribution < -0.4 is 10.9 Å². The van der Waals surface area contributed by atoms with E-state index < -0.39 is 0 Å². The third-order valence-electron chi connectivity index (χ3n) is 2.88. The van der Waals surface area contributed by atoms with Gasteiger partial charge in [-0.3, -0.25) is 4.79 Å². The zero-order valence-electron chi connectivity index (χ0n) is 10.1. The number of rotatable bonds is 4. The Kier molecular flexibility index (Phi) is 2.87. The average molecular weight is 262 g/mol. The standard InChI is InChI=1S/C12H14N4OS/c1-8-6-14-10(18-8)7-15-11-12(17)16(5-4-13-11)9-2-3-9/h4-6,9H,2-3,7H2,1H3,(H,13,15). The number of nitrogens with one attached hydrogen (secondary N) is 1. The second-order valence-corrected chi connectivity index (χ2v) is 5.76. The molecule has 0 bridgehead atoms. The van der Waals surface area contributed by atoms with Crippen molar-refractivity contribution in [2.45, 2.75) is 32.4 Å². The number of aryl methyl sites for hydroxylation is 1. The summed E-state index contributed by atoms with van der Waals surface area (Å²) in [4.78, 5) is 21.6. The zero-order chi connectivity index (χ0) is 12.5. The van der Waals surface area contributed by atoms with Crippen LogP contribution in [0.2, 0.25) is 0 Å². The Bertz CT molecular complexity index is 615. The average Bonchev–Trinajstić information content (AvgIpc) is 3.11. The van der Waals surface area contributed by atoms with E-state index in [1.54, 1.807) is 28.3 Å². The van der Waals surface area contributed by atoms with Crippen LogP contribution in [0.15, 0.2) is 23.4 Å². The molecular weight excluding hydrogens is 248 g/mol. The first-order valence-electron chi connectivity index (χ1n) is 5.96.